The third kappa shape index (κ3) is 4.82. The first-order valence-electron chi connectivity index (χ1n) is 12.1. The van der Waals surface area contributed by atoms with Crippen LogP contribution < -0.4 is 10.0 Å². The first-order chi connectivity index (χ1) is 17.9. The summed E-state index contributed by atoms with van der Waals surface area (Å²) < 4.78 is 83.1. The second-order valence-electron chi connectivity index (χ2n) is 9.66. The molecule has 0 radical (unpaired) electrons. The largest absolute Gasteiger partial charge is 0.416 e. The molecule has 3 aromatic rings. The molecule has 1 amide bonds. The van der Waals surface area contributed by atoms with Gasteiger partial charge in [0.1, 0.15) is 11.3 Å². The van der Waals surface area contributed by atoms with Crippen LogP contribution in [0.5, 0.6) is 0 Å². The summed E-state index contributed by atoms with van der Waals surface area (Å²) in [5.41, 5.74) is -0.161. The zero-order valence-corrected chi connectivity index (χ0v) is 21.4. The molecule has 2 aromatic heterocycles. The number of carbonyl (C=O) groups excluding carboxylic acids is 1. The molecule has 14 heteroatoms. The number of piperidine rings is 1. The number of rotatable bonds is 6. The predicted molar refractivity (Wildman–Crippen MR) is 131 cm³/mol. The average Bonchev–Trinajstić information content (AvgIpc) is 3.50. The summed E-state index contributed by atoms with van der Waals surface area (Å²) in [5, 5.41) is 3.22. The van der Waals surface area contributed by atoms with Crippen molar-refractivity contribution in [1.29, 1.82) is 0 Å². The van der Waals surface area contributed by atoms with Crippen molar-refractivity contribution in [2.75, 3.05) is 30.6 Å². The van der Waals surface area contributed by atoms with Crippen LogP contribution in [0.1, 0.15) is 36.1 Å². The molecule has 0 aliphatic carbocycles. The average molecular weight is 555 g/mol. The van der Waals surface area contributed by atoms with Gasteiger partial charge in [0.25, 0.3) is 0 Å². The number of benzene rings is 1. The normalized spacial score (nSPS) is 22.2. The van der Waals surface area contributed by atoms with Gasteiger partial charge in [-0.15, -0.1) is 0 Å². The third-order valence-electron chi connectivity index (χ3n) is 7.23. The number of aromatic nitrogens is 3. The van der Waals surface area contributed by atoms with Crippen molar-refractivity contribution in [1.82, 2.24) is 24.8 Å². The lowest BCUT2D eigenvalue weighted by atomic mass is 9.80. The summed E-state index contributed by atoms with van der Waals surface area (Å²) in [6, 6.07) is 3.38. The topological polar surface area (TPSA) is 109 Å². The van der Waals surface area contributed by atoms with E-state index >= 15 is 0 Å². The van der Waals surface area contributed by atoms with Gasteiger partial charge in [-0.25, -0.2) is 22.8 Å². The van der Waals surface area contributed by atoms with E-state index in [1.54, 1.807) is 18.0 Å². The molecule has 38 heavy (non-hydrogen) atoms. The van der Waals surface area contributed by atoms with E-state index in [4.69, 9.17) is 4.98 Å². The highest BCUT2D eigenvalue weighted by Gasteiger charge is 2.45. The third-order valence-corrected chi connectivity index (χ3v) is 8.52. The van der Waals surface area contributed by atoms with Gasteiger partial charge < -0.3 is 14.8 Å². The minimum Gasteiger partial charge on any atom is -0.344 e. The van der Waals surface area contributed by atoms with Crippen molar-refractivity contribution in [3.05, 3.63) is 53.2 Å². The maximum atomic E-state index is 14.5. The number of amides is 1. The molecule has 4 heterocycles. The molecule has 0 bridgehead atoms. The zero-order valence-electron chi connectivity index (χ0n) is 20.6. The first-order valence-corrected chi connectivity index (χ1v) is 13.7. The smallest absolute Gasteiger partial charge is 0.344 e. The SMILES string of the molecule is CCS(=O)(=O)Nc1cc(C2CN(C)C(=O)C3NCCC32)nc2c1ncn2Cc1cc(C(F)(F)F)ccc1F. The summed E-state index contributed by atoms with van der Waals surface area (Å²) >= 11 is 0. The van der Waals surface area contributed by atoms with Crippen molar-refractivity contribution in [3.8, 4) is 0 Å². The fraction of sp³-hybridized carbons (Fsp3) is 0.458. The van der Waals surface area contributed by atoms with Gasteiger partial charge in [-0.2, -0.15) is 13.2 Å². The van der Waals surface area contributed by atoms with E-state index in [1.165, 1.54) is 17.8 Å². The summed E-state index contributed by atoms with van der Waals surface area (Å²) in [5.74, 6) is -1.35. The van der Waals surface area contributed by atoms with Crippen LogP contribution in [0, 0.1) is 11.7 Å². The molecule has 5 rings (SSSR count). The van der Waals surface area contributed by atoms with E-state index in [0.717, 1.165) is 18.6 Å². The van der Waals surface area contributed by atoms with Gasteiger partial charge in [-0.1, -0.05) is 0 Å². The highest BCUT2D eigenvalue weighted by atomic mass is 32.2. The Bertz CT molecular complexity index is 1510. The number of hydrogen-bond acceptors (Lipinski definition) is 6. The van der Waals surface area contributed by atoms with Crippen molar-refractivity contribution in [2.45, 2.75) is 38.0 Å². The quantitative estimate of drug-likeness (QED) is 0.454. The number of pyridine rings is 1. The summed E-state index contributed by atoms with van der Waals surface area (Å²) in [6.45, 7) is 2.18. The number of likely N-dealkylation sites (tertiary alicyclic amines) is 1. The Labute approximate surface area is 216 Å². The number of hydrogen-bond donors (Lipinski definition) is 2. The maximum absolute atomic E-state index is 14.5. The number of nitrogens with zero attached hydrogens (tertiary/aromatic N) is 4. The van der Waals surface area contributed by atoms with Gasteiger partial charge in [0, 0.05) is 25.1 Å². The van der Waals surface area contributed by atoms with Gasteiger partial charge in [0.15, 0.2) is 5.65 Å². The number of nitrogens with one attached hydrogen (secondary N) is 2. The van der Waals surface area contributed by atoms with Crippen LogP contribution in [0.4, 0.5) is 23.2 Å². The molecule has 0 saturated carbocycles. The molecule has 2 aliphatic heterocycles. The van der Waals surface area contributed by atoms with Crippen molar-refractivity contribution in [3.63, 3.8) is 0 Å². The lowest BCUT2D eigenvalue weighted by Crippen LogP contribution is -2.53. The standard InChI is InChI=1S/C24H26F4N6O3S/c1-3-38(36,37)32-19-9-18(16-11-33(2)23(35)20-15(16)6-7-29-20)31-22-21(19)30-12-34(22)10-13-8-14(24(26,27)28)4-5-17(13)25/h4-5,8-9,12,15-16,20,29H,3,6-7,10-11H2,1-2H3,(H,31,32). The first kappa shape index (κ1) is 26.4. The number of halogens is 4. The summed E-state index contributed by atoms with van der Waals surface area (Å²) in [6.07, 6.45) is -2.63. The minimum absolute atomic E-state index is 0.0261. The van der Waals surface area contributed by atoms with E-state index in [0.29, 0.717) is 24.8 Å². The molecule has 2 aliphatic rings. The van der Waals surface area contributed by atoms with Crippen molar-refractivity contribution >= 4 is 32.8 Å². The number of anilines is 1. The molecule has 0 spiro atoms. The van der Waals surface area contributed by atoms with Gasteiger partial charge in [-0.3, -0.25) is 9.52 Å². The highest BCUT2D eigenvalue weighted by Crippen LogP contribution is 2.39. The number of alkyl halides is 3. The molecule has 3 atom stereocenters. The second kappa shape index (κ2) is 9.49. The molecule has 3 unspecified atom stereocenters. The van der Waals surface area contributed by atoms with Gasteiger partial charge in [0.2, 0.25) is 15.9 Å². The highest BCUT2D eigenvalue weighted by molar-refractivity contribution is 7.92. The molecular formula is C24H26F4N6O3S. The van der Waals surface area contributed by atoms with E-state index in [2.05, 4.69) is 15.0 Å². The zero-order chi connectivity index (χ0) is 27.4. The molecule has 2 N–H and O–H groups in total. The lowest BCUT2D eigenvalue weighted by molar-refractivity contribution is -0.138. The Kier molecular flexibility index (Phi) is 6.58. The summed E-state index contributed by atoms with van der Waals surface area (Å²) in [4.78, 5) is 23.3. The number of fused-ring (bicyclic) bond motifs is 2. The van der Waals surface area contributed by atoms with Crippen LogP contribution in [0.15, 0.2) is 30.6 Å². The molecule has 2 fully saturated rings. The van der Waals surface area contributed by atoms with Gasteiger partial charge in [-0.05, 0) is 50.1 Å². The van der Waals surface area contributed by atoms with E-state index in [1.807, 2.05) is 0 Å². The minimum atomic E-state index is -4.65. The fourth-order valence-corrected chi connectivity index (χ4v) is 5.87. The van der Waals surface area contributed by atoms with E-state index in [-0.39, 0.29) is 52.5 Å². The number of carbonyl (C=O) groups is 1. The van der Waals surface area contributed by atoms with Crippen LogP contribution in [0.3, 0.4) is 0 Å². The maximum Gasteiger partial charge on any atom is 0.416 e. The Morgan fingerprint density at radius 1 is 1.24 bits per heavy atom. The Balaban J connectivity index is 1.62. The molecule has 1 aromatic carbocycles. The molecule has 2 saturated heterocycles. The van der Waals surface area contributed by atoms with Crippen LogP contribution in [0.25, 0.3) is 11.2 Å². The Morgan fingerprint density at radius 3 is 2.71 bits per heavy atom. The second-order valence-corrected chi connectivity index (χ2v) is 11.7. The summed E-state index contributed by atoms with van der Waals surface area (Å²) in [7, 11) is -2.03. The van der Waals surface area contributed by atoms with Crippen molar-refractivity contribution in [2.24, 2.45) is 5.92 Å². The van der Waals surface area contributed by atoms with Crippen LogP contribution in [-0.2, 0) is 27.5 Å². The lowest BCUT2D eigenvalue weighted by Gasteiger charge is -2.38. The van der Waals surface area contributed by atoms with Gasteiger partial charge in [0.05, 0.1) is 41.6 Å². The Morgan fingerprint density at radius 2 is 2.00 bits per heavy atom. The van der Waals surface area contributed by atoms with Crippen molar-refractivity contribution < 1.29 is 30.8 Å². The predicted octanol–water partition coefficient (Wildman–Crippen LogP) is 2.93. The van der Waals surface area contributed by atoms with E-state index < -0.39 is 33.6 Å². The van der Waals surface area contributed by atoms with Crippen LogP contribution >= 0.6 is 0 Å². The molecule has 204 valence electrons. The Hall–Kier alpha value is -3.26. The molecule has 9 nitrogen and oxygen atoms in total. The van der Waals surface area contributed by atoms with Gasteiger partial charge >= 0.3 is 6.18 Å². The number of imidazole rings is 1. The van der Waals surface area contributed by atoms with Crippen LogP contribution in [-0.4, -0.2) is 65.7 Å². The van der Waals surface area contributed by atoms with Crippen LogP contribution in [0.2, 0.25) is 0 Å². The number of sulfonamides is 1. The monoisotopic (exact) mass is 554 g/mol. The number of likely N-dealkylation sites (N-methyl/N-ethyl adjacent to an activating group) is 1. The van der Waals surface area contributed by atoms with E-state index in [9.17, 15) is 30.8 Å². The molecular weight excluding hydrogens is 528 g/mol. The fourth-order valence-electron chi connectivity index (χ4n) is 5.23.